The van der Waals surface area contributed by atoms with E-state index in [9.17, 15) is 4.79 Å². The van der Waals surface area contributed by atoms with E-state index < -0.39 is 0 Å². The third kappa shape index (κ3) is 4.83. The maximum atomic E-state index is 12.8. The molecule has 1 fully saturated rings. The smallest absolute Gasteiger partial charge is 0.272 e. The van der Waals surface area contributed by atoms with Crippen molar-refractivity contribution < 1.29 is 9.53 Å². The zero-order chi connectivity index (χ0) is 23.0. The van der Waals surface area contributed by atoms with Gasteiger partial charge in [0.2, 0.25) is 0 Å². The van der Waals surface area contributed by atoms with E-state index in [4.69, 9.17) is 9.72 Å². The number of pyridine rings is 1. The van der Waals surface area contributed by atoms with E-state index in [0.717, 1.165) is 51.3 Å². The zero-order valence-corrected chi connectivity index (χ0v) is 20.3. The molecular formula is C23H30N6O2S. The van der Waals surface area contributed by atoms with Crippen LogP contribution in [0.3, 0.4) is 0 Å². The second-order valence-corrected chi connectivity index (χ2v) is 9.57. The van der Waals surface area contributed by atoms with Gasteiger partial charge < -0.3 is 15.0 Å². The van der Waals surface area contributed by atoms with Crippen molar-refractivity contribution in [3.05, 3.63) is 46.7 Å². The molecule has 9 heteroatoms. The summed E-state index contributed by atoms with van der Waals surface area (Å²) < 4.78 is 7.55. The lowest BCUT2D eigenvalue weighted by Crippen LogP contribution is -2.45. The molecule has 0 unspecified atom stereocenters. The molecule has 1 aliphatic rings. The number of hydrogen-bond acceptors (Lipinski definition) is 7. The van der Waals surface area contributed by atoms with Crippen LogP contribution < -0.4 is 10.2 Å². The van der Waals surface area contributed by atoms with Gasteiger partial charge >= 0.3 is 0 Å². The predicted octanol–water partition coefficient (Wildman–Crippen LogP) is 3.41. The molecule has 4 heterocycles. The lowest BCUT2D eigenvalue weighted by Gasteiger charge is -2.35. The minimum Gasteiger partial charge on any atom is -0.372 e. The highest BCUT2D eigenvalue weighted by Crippen LogP contribution is 2.36. The van der Waals surface area contributed by atoms with Crippen molar-refractivity contribution in [2.24, 2.45) is 7.05 Å². The Balaban J connectivity index is 1.65. The molecule has 0 spiro atoms. The van der Waals surface area contributed by atoms with Crippen LogP contribution in [0.15, 0.2) is 18.3 Å². The van der Waals surface area contributed by atoms with Crippen molar-refractivity contribution in [1.82, 2.24) is 25.1 Å². The SMILES string of the molecule is Cc1cc(-c2sc(N3C[C@@H](C)O[C@@H](C)C3)nc2CNC(=O)c2nn(C)cc2C)cc(C)n1. The predicted molar refractivity (Wildman–Crippen MR) is 126 cm³/mol. The van der Waals surface area contributed by atoms with Gasteiger partial charge in [0.05, 0.1) is 29.3 Å². The number of carbonyl (C=O) groups is 1. The van der Waals surface area contributed by atoms with Gasteiger partial charge in [0.1, 0.15) is 0 Å². The minimum atomic E-state index is -0.195. The molecule has 3 aromatic heterocycles. The second-order valence-electron chi connectivity index (χ2n) is 8.59. The van der Waals surface area contributed by atoms with Crippen molar-refractivity contribution in [2.45, 2.75) is 53.4 Å². The first-order valence-corrected chi connectivity index (χ1v) is 11.7. The number of hydrogen-bond donors (Lipinski definition) is 1. The molecule has 1 amide bonds. The molecule has 8 nitrogen and oxygen atoms in total. The molecular weight excluding hydrogens is 424 g/mol. The largest absolute Gasteiger partial charge is 0.372 e. The number of rotatable bonds is 5. The summed E-state index contributed by atoms with van der Waals surface area (Å²) in [5, 5.41) is 8.24. The van der Waals surface area contributed by atoms with Crippen molar-refractivity contribution >= 4 is 22.4 Å². The van der Waals surface area contributed by atoms with Crippen molar-refractivity contribution in [3.63, 3.8) is 0 Å². The van der Waals surface area contributed by atoms with Gasteiger partial charge in [-0.15, -0.1) is 0 Å². The van der Waals surface area contributed by atoms with Gasteiger partial charge in [-0.25, -0.2) is 4.98 Å². The Kier molecular flexibility index (Phi) is 6.30. The van der Waals surface area contributed by atoms with Gasteiger partial charge in [-0.3, -0.25) is 14.5 Å². The number of thiazole rings is 1. The second kappa shape index (κ2) is 8.99. The molecule has 2 atom stereocenters. The number of ether oxygens (including phenoxy) is 1. The fourth-order valence-corrected chi connectivity index (χ4v) is 5.29. The summed E-state index contributed by atoms with van der Waals surface area (Å²) in [7, 11) is 1.81. The van der Waals surface area contributed by atoms with E-state index in [-0.39, 0.29) is 18.1 Å². The standard InChI is InChI=1S/C23H30N6O2S/c1-13-10-28(6)27-20(13)22(30)24-9-19-21(18-7-14(2)25-15(3)8-18)32-23(26-19)29-11-16(4)31-17(5)12-29/h7-8,10,16-17H,9,11-12H2,1-6H3,(H,24,30)/t16-,17+. The first-order valence-electron chi connectivity index (χ1n) is 10.8. The van der Waals surface area contributed by atoms with Gasteiger partial charge in [0.25, 0.3) is 5.91 Å². The number of amides is 1. The van der Waals surface area contributed by atoms with Gasteiger partial charge in [0.15, 0.2) is 10.8 Å². The number of aromatic nitrogens is 4. The lowest BCUT2D eigenvalue weighted by molar-refractivity contribution is -0.00523. The van der Waals surface area contributed by atoms with Crippen LogP contribution >= 0.6 is 11.3 Å². The van der Waals surface area contributed by atoms with Crippen molar-refractivity contribution in [3.8, 4) is 10.4 Å². The Hall–Kier alpha value is -2.78. The molecule has 0 bridgehead atoms. The lowest BCUT2D eigenvalue weighted by atomic mass is 10.1. The van der Waals surface area contributed by atoms with Crippen LogP contribution in [0, 0.1) is 20.8 Å². The summed E-state index contributed by atoms with van der Waals surface area (Å²) in [4.78, 5) is 25.6. The maximum Gasteiger partial charge on any atom is 0.272 e. The zero-order valence-electron chi connectivity index (χ0n) is 19.5. The summed E-state index contributed by atoms with van der Waals surface area (Å²) in [6.45, 7) is 12.0. The quantitative estimate of drug-likeness (QED) is 0.636. The van der Waals surface area contributed by atoms with E-state index in [1.54, 1.807) is 16.0 Å². The van der Waals surface area contributed by atoms with Gasteiger partial charge in [-0.05, 0) is 52.3 Å². The molecule has 0 aromatic carbocycles. The van der Waals surface area contributed by atoms with Crippen molar-refractivity contribution in [2.75, 3.05) is 18.0 Å². The van der Waals surface area contributed by atoms with E-state index >= 15 is 0 Å². The van der Waals surface area contributed by atoms with Gasteiger partial charge in [-0.1, -0.05) is 11.3 Å². The molecule has 170 valence electrons. The number of carbonyl (C=O) groups excluding carboxylic acids is 1. The van der Waals surface area contributed by atoms with Crippen LogP contribution in [-0.2, 0) is 18.3 Å². The Morgan fingerprint density at radius 3 is 2.41 bits per heavy atom. The fraction of sp³-hybridized carbons (Fsp3) is 0.478. The molecule has 1 saturated heterocycles. The summed E-state index contributed by atoms with van der Waals surface area (Å²) in [6.07, 6.45) is 2.13. The Bertz CT molecular complexity index is 1110. The normalized spacial score (nSPS) is 18.8. The highest BCUT2D eigenvalue weighted by atomic mass is 32.1. The molecule has 3 aromatic rings. The topological polar surface area (TPSA) is 85.2 Å². The van der Waals surface area contributed by atoms with Gasteiger partial charge in [0, 0.05) is 43.3 Å². The third-order valence-electron chi connectivity index (χ3n) is 5.36. The highest BCUT2D eigenvalue weighted by molar-refractivity contribution is 7.19. The fourth-order valence-electron chi connectivity index (χ4n) is 4.20. The van der Waals surface area contributed by atoms with E-state index in [1.165, 1.54) is 0 Å². The van der Waals surface area contributed by atoms with E-state index in [0.29, 0.717) is 12.2 Å². The minimum absolute atomic E-state index is 0.145. The van der Waals surface area contributed by atoms with Crippen LogP contribution in [0.1, 0.15) is 47.0 Å². The molecule has 0 aliphatic carbocycles. The Morgan fingerprint density at radius 1 is 1.16 bits per heavy atom. The molecule has 0 radical (unpaired) electrons. The number of nitrogens with zero attached hydrogens (tertiary/aromatic N) is 5. The van der Waals surface area contributed by atoms with Crippen LogP contribution in [-0.4, -0.2) is 51.0 Å². The summed E-state index contributed by atoms with van der Waals surface area (Å²) in [5.41, 5.74) is 5.14. The van der Waals surface area contributed by atoms with E-state index in [1.807, 2.05) is 34.0 Å². The van der Waals surface area contributed by atoms with E-state index in [2.05, 4.69) is 46.3 Å². The molecule has 1 aliphatic heterocycles. The first kappa shape index (κ1) is 22.4. The first-order chi connectivity index (χ1) is 15.2. The van der Waals surface area contributed by atoms with Crippen LogP contribution in [0.2, 0.25) is 0 Å². The number of nitrogens with one attached hydrogen (secondary N) is 1. The number of aryl methyl sites for hydroxylation is 4. The van der Waals surface area contributed by atoms with Crippen LogP contribution in [0.25, 0.3) is 10.4 Å². The molecule has 0 saturated carbocycles. The summed E-state index contributed by atoms with van der Waals surface area (Å²) in [6, 6.07) is 4.14. The molecule has 32 heavy (non-hydrogen) atoms. The number of anilines is 1. The maximum absolute atomic E-state index is 12.8. The molecule has 4 rings (SSSR count). The highest BCUT2D eigenvalue weighted by Gasteiger charge is 2.26. The van der Waals surface area contributed by atoms with Crippen LogP contribution in [0.4, 0.5) is 5.13 Å². The average molecular weight is 455 g/mol. The molecule has 1 N–H and O–H groups in total. The Labute approximate surface area is 192 Å². The average Bonchev–Trinajstić information content (AvgIpc) is 3.27. The number of morpholine rings is 1. The third-order valence-corrected chi connectivity index (χ3v) is 6.57. The monoisotopic (exact) mass is 454 g/mol. The Morgan fingerprint density at radius 2 is 1.81 bits per heavy atom. The van der Waals surface area contributed by atoms with Crippen LogP contribution in [0.5, 0.6) is 0 Å². The summed E-state index contributed by atoms with van der Waals surface area (Å²) in [5.74, 6) is -0.195. The van der Waals surface area contributed by atoms with Gasteiger partial charge in [-0.2, -0.15) is 5.10 Å². The van der Waals surface area contributed by atoms with Crippen molar-refractivity contribution in [1.29, 1.82) is 0 Å². The summed E-state index contributed by atoms with van der Waals surface area (Å²) >= 11 is 1.66.